The van der Waals surface area contributed by atoms with Gasteiger partial charge in [0, 0.05) is 23.9 Å². The summed E-state index contributed by atoms with van der Waals surface area (Å²) >= 11 is 0. The first-order valence-corrected chi connectivity index (χ1v) is 11.5. The van der Waals surface area contributed by atoms with Gasteiger partial charge in [-0.1, -0.05) is 48.5 Å². The Labute approximate surface area is 193 Å². The fourth-order valence-electron chi connectivity index (χ4n) is 4.84. The molecule has 0 aromatic heterocycles. The van der Waals surface area contributed by atoms with E-state index < -0.39 is 24.0 Å². The van der Waals surface area contributed by atoms with E-state index in [0.29, 0.717) is 19.3 Å². The molecule has 0 heterocycles. The average Bonchev–Trinajstić information content (AvgIpc) is 3.40. The molecule has 7 heteroatoms. The smallest absolute Gasteiger partial charge is 0.407 e. The lowest BCUT2D eigenvalue weighted by atomic mass is 9.98. The van der Waals surface area contributed by atoms with Crippen LogP contribution in [0.3, 0.4) is 0 Å². The number of carboxylic acids is 1. The first kappa shape index (κ1) is 22.8. The molecule has 0 radical (unpaired) electrons. The van der Waals surface area contributed by atoms with Crippen molar-refractivity contribution in [3.05, 3.63) is 59.7 Å². The van der Waals surface area contributed by atoms with E-state index in [-0.39, 0.29) is 30.4 Å². The zero-order valence-corrected chi connectivity index (χ0v) is 18.9. The second kappa shape index (κ2) is 9.65. The van der Waals surface area contributed by atoms with Crippen LogP contribution >= 0.6 is 0 Å². The van der Waals surface area contributed by atoms with Crippen molar-refractivity contribution in [2.45, 2.75) is 51.1 Å². The highest BCUT2D eigenvalue weighted by Crippen LogP contribution is 2.44. The number of carbonyl (C=O) groups is 3. The second-order valence-electron chi connectivity index (χ2n) is 9.10. The van der Waals surface area contributed by atoms with E-state index in [2.05, 4.69) is 34.9 Å². The number of hydrogen-bond donors (Lipinski definition) is 3. The van der Waals surface area contributed by atoms with Gasteiger partial charge in [-0.25, -0.2) is 4.79 Å². The third kappa shape index (κ3) is 4.87. The van der Waals surface area contributed by atoms with E-state index in [1.54, 1.807) is 13.8 Å². The summed E-state index contributed by atoms with van der Waals surface area (Å²) in [4.78, 5) is 36.1. The number of aliphatic carboxylic acids is 1. The maximum absolute atomic E-state index is 12.5. The maximum Gasteiger partial charge on any atom is 0.407 e. The second-order valence-corrected chi connectivity index (χ2v) is 9.10. The molecule has 4 atom stereocenters. The number of ether oxygens (including phenoxy) is 1. The summed E-state index contributed by atoms with van der Waals surface area (Å²) in [7, 11) is 0. The van der Waals surface area contributed by atoms with Gasteiger partial charge in [0.05, 0.1) is 5.92 Å². The van der Waals surface area contributed by atoms with Gasteiger partial charge in [-0.15, -0.1) is 0 Å². The predicted molar refractivity (Wildman–Crippen MR) is 124 cm³/mol. The summed E-state index contributed by atoms with van der Waals surface area (Å²) in [6.07, 6.45) is 1.37. The number of nitrogens with one attached hydrogen (secondary N) is 2. The summed E-state index contributed by atoms with van der Waals surface area (Å²) in [6, 6.07) is 15.8. The Morgan fingerprint density at radius 1 is 1.00 bits per heavy atom. The molecule has 2 aromatic carbocycles. The van der Waals surface area contributed by atoms with Gasteiger partial charge in [-0.3, -0.25) is 9.59 Å². The van der Waals surface area contributed by atoms with Crippen molar-refractivity contribution in [1.82, 2.24) is 10.6 Å². The summed E-state index contributed by atoms with van der Waals surface area (Å²) < 4.78 is 5.60. The van der Waals surface area contributed by atoms with Gasteiger partial charge in [0.15, 0.2) is 0 Å². The normalized spacial score (nSPS) is 20.9. The molecule has 2 aromatic rings. The quantitative estimate of drug-likeness (QED) is 0.593. The minimum absolute atomic E-state index is 0.00275. The van der Waals surface area contributed by atoms with Crippen molar-refractivity contribution in [3.63, 3.8) is 0 Å². The van der Waals surface area contributed by atoms with Gasteiger partial charge >= 0.3 is 12.1 Å². The highest BCUT2D eigenvalue weighted by Gasteiger charge is 2.33. The predicted octanol–water partition coefficient (Wildman–Crippen LogP) is 3.92. The van der Waals surface area contributed by atoms with Crippen LogP contribution in [0.4, 0.5) is 4.79 Å². The minimum atomic E-state index is -0.941. The van der Waals surface area contributed by atoms with E-state index in [9.17, 15) is 14.4 Å². The Hall–Kier alpha value is -3.35. The lowest BCUT2D eigenvalue weighted by molar-refractivity contribution is -0.142. The molecule has 0 aliphatic heterocycles. The molecule has 0 saturated heterocycles. The van der Waals surface area contributed by atoms with Crippen LogP contribution < -0.4 is 10.6 Å². The standard InChI is InChI=1S/C26H30N2O5/c1-15(25(30)31)16(2)27-24(29)17-11-12-18(13-17)28-26(32)33-14-23-21-9-5-3-7-19(21)20-8-4-6-10-22(20)23/h3-10,15-18,23H,11-14H2,1-2H3,(H,27,29)(H,28,32)(H,30,31). The van der Waals surface area contributed by atoms with Crippen LogP contribution in [0.25, 0.3) is 11.1 Å². The highest BCUT2D eigenvalue weighted by atomic mass is 16.5. The van der Waals surface area contributed by atoms with Gasteiger partial charge in [0.2, 0.25) is 5.91 Å². The van der Waals surface area contributed by atoms with E-state index in [4.69, 9.17) is 9.84 Å². The molecule has 4 rings (SSSR count). The van der Waals surface area contributed by atoms with E-state index >= 15 is 0 Å². The summed E-state index contributed by atoms with van der Waals surface area (Å²) in [6.45, 7) is 3.52. The van der Waals surface area contributed by atoms with Crippen molar-refractivity contribution in [3.8, 4) is 11.1 Å². The third-order valence-electron chi connectivity index (χ3n) is 6.98. The number of carboxylic acid groups (broad SMARTS) is 1. The number of benzene rings is 2. The number of amides is 2. The van der Waals surface area contributed by atoms with Gasteiger partial charge < -0.3 is 20.5 Å². The molecule has 0 bridgehead atoms. The maximum atomic E-state index is 12.5. The molecule has 3 N–H and O–H groups in total. The van der Waals surface area contributed by atoms with Crippen LogP contribution in [0.2, 0.25) is 0 Å². The number of rotatable bonds is 7. The molecule has 2 aliphatic rings. The molecular formula is C26H30N2O5. The lowest BCUT2D eigenvalue weighted by Gasteiger charge is -2.20. The Morgan fingerprint density at radius 2 is 1.61 bits per heavy atom. The number of hydrogen-bond acceptors (Lipinski definition) is 4. The molecule has 4 unspecified atom stereocenters. The van der Waals surface area contributed by atoms with Crippen LogP contribution in [0.5, 0.6) is 0 Å². The molecule has 2 amide bonds. The van der Waals surface area contributed by atoms with Crippen LogP contribution in [-0.2, 0) is 14.3 Å². The molecule has 7 nitrogen and oxygen atoms in total. The van der Waals surface area contributed by atoms with E-state index in [0.717, 1.165) is 11.1 Å². The molecular weight excluding hydrogens is 420 g/mol. The number of fused-ring (bicyclic) bond motifs is 3. The fraction of sp³-hybridized carbons (Fsp3) is 0.423. The largest absolute Gasteiger partial charge is 0.481 e. The van der Waals surface area contributed by atoms with Crippen molar-refractivity contribution in [2.75, 3.05) is 6.61 Å². The summed E-state index contributed by atoms with van der Waals surface area (Å²) in [5.74, 6) is -2.00. The molecule has 1 saturated carbocycles. The Kier molecular flexibility index (Phi) is 6.67. The van der Waals surface area contributed by atoms with Gasteiger partial charge in [0.1, 0.15) is 6.61 Å². The number of carbonyl (C=O) groups excluding carboxylic acids is 2. The SMILES string of the molecule is CC(NC(=O)C1CCC(NC(=O)OCC2c3ccccc3-c3ccccc32)C1)C(C)C(=O)O. The van der Waals surface area contributed by atoms with Gasteiger partial charge in [-0.05, 0) is 55.4 Å². The number of alkyl carbamates (subject to hydrolysis) is 1. The van der Waals surface area contributed by atoms with Gasteiger partial charge in [-0.2, -0.15) is 0 Å². The molecule has 1 fully saturated rings. The van der Waals surface area contributed by atoms with Crippen LogP contribution in [-0.4, -0.2) is 41.8 Å². The van der Waals surface area contributed by atoms with Crippen molar-refractivity contribution < 1.29 is 24.2 Å². The van der Waals surface area contributed by atoms with E-state index in [1.165, 1.54) is 11.1 Å². The molecule has 174 valence electrons. The lowest BCUT2D eigenvalue weighted by Crippen LogP contribution is -2.43. The minimum Gasteiger partial charge on any atom is -0.481 e. The zero-order valence-electron chi connectivity index (χ0n) is 18.9. The van der Waals surface area contributed by atoms with Gasteiger partial charge in [0.25, 0.3) is 0 Å². The Morgan fingerprint density at radius 3 is 2.21 bits per heavy atom. The van der Waals surface area contributed by atoms with Crippen molar-refractivity contribution in [1.29, 1.82) is 0 Å². The zero-order chi connectivity index (χ0) is 23.5. The van der Waals surface area contributed by atoms with Crippen molar-refractivity contribution in [2.24, 2.45) is 11.8 Å². The first-order chi connectivity index (χ1) is 15.8. The van der Waals surface area contributed by atoms with E-state index in [1.807, 2.05) is 24.3 Å². The highest BCUT2D eigenvalue weighted by molar-refractivity contribution is 5.81. The third-order valence-corrected chi connectivity index (χ3v) is 6.98. The molecule has 33 heavy (non-hydrogen) atoms. The van der Waals surface area contributed by atoms with Crippen LogP contribution in [0.15, 0.2) is 48.5 Å². The Balaban J connectivity index is 1.28. The van der Waals surface area contributed by atoms with Crippen molar-refractivity contribution >= 4 is 18.0 Å². The van der Waals surface area contributed by atoms with Crippen LogP contribution in [0, 0.1) is 11.8 Å². The average molecular weight is 451 g/mol. The Bertz CT molecular complexity index is 1010. The monoisotopic (exact) mass is 450 g/mol. The fourth-order valence-corrected chi connectivity index (χ4v) is 4.84. The first-order valence-electron chi connectivity index (χ1n) is 11.5. The summed E-state index contributed by atoms with van der Waals surface area (Å²) in [5, 5.41) is 14.8. The molecule has 2 aliphatic carbocycles. The van der Waals surface area contributed by atoms with Crippen LogP contribution in [0.1, 0.15) is 50.2 Å². The molecule has 0 spiro atoms. The summed E-state index contributed by atoms with van der Waals surface area (Å²) in [5.41, 5.74) is 4.68. The topological polar surface area (TPSA) is 105 Å².